The average Bonchev–Trinajstić information content (AvgIpc) is 2.88. The fraction of sp³-hybridized carbons (Fsp3) is 0.231. The van der Waals surface area contributed by atoms with E-state index < -0.39 is 0 Å². The lowest BCUT2D eigenvalue weighted by Crippen LogP contribution is -2.04. The van der Waals surface area contributed by atoms with E-state index in [4.69, 9.17) is 11.6 Å². The Morgan fingerprint density at radius 1 is 1.35 bits per heavy atom. The number of nitrogens with one attached hydrogen (secondary N) is 1. The standard InChI is InChI=1S/C13H12ClN5S/c1-2-9-6-10-11(17-13(14)18-12(10)20-9)15-7-8-4-3-5-16-19-8/h3-6H,2,7H2,1H3,(H,15,17,18). The van der Waals surface area contributed by atoms with Crippen molar-refractivity contribution in [1.29, 1.82) is 0 Å². The van der Waals surface area contributed by atoms with Crippen LogP contribution in [0.2, 0.25) is 5.28 Å². The van der Waals surface area contributed by atoms with Gasteiger partial charge in [0, 0.05) is 11.1 Å². The molecular formula is C13H12ClN5S. The predicted octanol–water partition coefficient (Wildman–Crippen LogP) is 3.31. The molecule has 0 aliphatic rings. The first-order valence-corrected chi connectivity index (χ1v) is 7.42. The Hall–Kier alpha value is -1.79. The molecule has 3 aromatic rings. The Balaban J connectivity index is 1.92. The zero-order valence-electron chi connectivity index (χ0n) is 10.8. The molecule has 3 aromatic heterocycles. The summed E-state index contributed by atoms with van der Waals surface area (Å²) in [4.78, 5) is 10.7. The van der Waals surface area contributed by atoms with Crippen LogP contribution in [0.25, 0.3) is 10.2 Å². The Labute approximate surface area is 125 Å². The maximum atomic E-state index is 5.97. The Bertz CT molecular complexity index is 728. The van der Waals surface area contributed by atoms with Gasteiger partial charge >= 0.3 is 0 Å². The van der Waals surface area contributed by atoms with Crippen LogP contribution in [0.3, 0.4) is 0 Å². The van der Waals surface area contributed by atoms with Gasteiger partial charge in [-0.25, -0.2) is 9.97 Å². The van der Waals surface area contributed by atoms with Gasteiger partial charge in [0.1, 0.15) is 10.6 Å². The zero-order valence-corrected chi connectivity index (χ0v) is 12.4. The lowest BCUT2D eigenvalue weighted by molar-refractivity contribution is 0.921. The van der Waals surface area contributed by atoms with Gasteiger partial charge < -0.3 is 5.32 Å². The second-order valence-electron chi connectivity index (χ2n) is 4.19. The smallest absolute Gasteiger partial charge is 0.225 e. The van der Waals surface area contributed by atoms with Gasteiger partial charge in [0.15, 0.2) is 0 Å². The van der Waals surface area contributed by atoms with Crippen molar-refractivity contribution in [2.75, 3.05) is 5.32 Å². The monoisotopic (exact) mass is 305 g/mol. The van der Waals surface area contributed by atoms with Crippen molar-refractivity contribution >= 4 is 39.0 Å². The minimum Gasteiger partial charge on any atom is -0.364 e. The van der Waals surface area contributed by atoms with E-state index in [1.165, 1.54) is 4.88 Å². The molecule has 0 bridgehead atoms. The summed E-state index contributed by atoms with van der Waals surface area (Å²) in [6.45, 7) is 2.67. The normalized spacial score (nSPS) is 10.9. The third-order valence-corrected chi connectivity index (χ3v) is 4.17. The van der Waals surface area contributed by atoms with Crippen LogP contribution in [-0.2, 0) is 13.0 Å². The summed E-state index contributed by atoms with van der Waals surface area (Å²) >= 11 is 7.62. The molecule has 0 spiro atoms. The molecular weight excluding hydrogens is 294 g/mol. The highest BCUT2D eigenvalue weighted by molar-refractivity contribution is 7.18. The Kier molecular flexibility index (Phi) is 3.75. The first-order chi connectivity index (χ1) is 9.76. The molecule has 20 heavy (non-hydrogen) atoms. The fourth-order valence-corrected chi connectivity index (χ4v) is 3.04. The SMILES string of the molecule is CCc1cc2c(NCc3cccnn3)nc(Cl)nc2s1. The molecule has 0 aliphatic heterocycles. The summed E-state index contributed by atoms with van der Waals surface area (Å²) in [5, 5.41) is 12.4. The number of hydrogen-bond acceptors (Lipinski definition) is 6. The second-order valence-corrected chi connectivity index (χ2v) is 5.65. The number of hydrogen-bond donors (Lipinski definition) is 1. The molecule has 0 saturated heterocycles. The molecule has 0 amide bonds. The van der Waals surface area contributed by atoms with Gasteiger partial charge in [0.25, 0.3) is 0 Å². The Morgan fingerprint density at radius 3 is 3.00 bits per heavy atom. The number of anilines is 1. The molecule has 3 rings (SSSR count). The highest BCUT2D eigenvalue weighted by atomic mass is 35.5. The van der Waals surface area contributed by atoms with Gasteiger partial charge in [0.2, 0.25) is 5.28 Å². The number of aryl methyl sites for hydroxylation is 1. The van der Waals surface area contributed by atoms with Crippen LogP contribution in [0.15, 0.2) is 24.4 Å². The highest BCUT2D eigenvalue weighted by Gasteiger charge is 2.10. The summed E-state index contributed by atoms with van der Waals surface area (Å²) in [6, 6.07) is 5.87. The number of aromatic nitrogens is 4. The quantitative estimate of drug-likeness (QED) is 0.749. The molecule has 5 nitrogen and oxygen atoms in total. The van der Waals surface area contributed by atoms with Crippen LogP contribution < -0.4 is 5.32 Å². The molecule has 0 saturated carbocycles. The number of nitrogens with zero attached hydrogens (tertiary/aromatic N) is 4. The van der Waals surface area contributed by atoms with Crippen molar-refractivity contribution in [3.63, 3.8) is 0 Å². The lowest BCUT2D eigenvalue weighted by Gasteiger charge is -2.05. The number of halogens is 1. The average molecular weight is 306 g/mol. The third kappa shape index (κ3) is 2.71. The van der Waals surface area contributed by atoms with Gasteiger partial charge in [-0.2, -0.15) is 10.2 Å². The van der Waals surface area contributed by atoms with Crippen molar-refractivity contribution in [2.45, 2.75) is 19.9 Å². The predicted molar refractivity (Wildman–Crippen MR) is 81.2 cm³/mol. The topological polar surface area (TPSA) is 63.6 Å². The number of rotatable bonds is 4. The highest BCUT2D eigenvalue weighted by Crippen LogP contribution is 2.30. The maximum absolute atomic E-state index is 5.97. The summed E-state index contributed by atoms with van der Waals surface area (Å²) < 4.78 is 0. The van der Waals surface area contributed by atoms with Crippen molar-refractivity contribution in [3.05, 3.63) is 40.3 Å². The van der Waals surface area contributed by atoms with E-state index in [0.717, 1.165) is 28.1 Å². The summed E-state index contributed by atoms with van der Waals surface area (Å²) in [5.41, 5.74) is 0.848. The van der Waals surface area contributed by atoms with E-state index in [-0.39, 0.29) is 5.28 Å². The van der Waals surface area contributed by atoms with Crippen LogP contribution in [-0.4, -0.2) is 20.2 Å². The third-order valence-electron chi connectivity index (χ3n) is 2.83. The number of thiophene rings is 1. The summed E-state index contributed by atoms with van der Waals surface area (Å²) in [6.07, 6.45) is 2.62. The molecule has 0 aliphatic carbocycles. The van der Waals surface area contributed by atoms with Crippen LogP contribution in [0.5, 0.6) is 0 Å². The fourth-order valence-electron chi connectivity index (χ4n) is 1.86. The Morgan fingerprint density at radius 2 is 2.25 bits per heavy atom. The van der Waals surface area contributed by atoms with Crippen molar-refractivity contribution in [1.82, 2.24) is 20.2 Å². The van der Waals surface area contributed by atoms with Gasteiger partial charge in [-0.15, -0.1) is 11.3 Å². The minimum absolute atomic E-state index is 0.253. The molecule has 7 heteroatoms. The van der Waals surface area contributed by atoms with E-state index in [2.05, 4.69) is 38.5 Å². The molecule has 0 aromatic carbocycles. The largest absolute Gasteiger partial charge is 0.364 e. The van der Waals surface area contributed by atoms with Crippen LogP contribution in [0.1, 0.15) is 17.5 Å². The summed E-state index contributed by atoms with van der Waals surface area (Å²) in [5.74, 6) is 0.738. The van der Waals surface area contributed by atoms with Crippen molar-refractivity contribution in [2.24, 2.45) is 0 Å². The lowest BCUT2D eigenvalue weighted by atomic mass is 10.3. The van der Waals surface area contributed by atoms with Crippen LogP contribution >= 0.6 is 22.9 Å². The molecule has 0 fully saturated rings. The first-order valence-electron chi connectivity index (χ1n) is 6.22. The van der Waals surface area contributed by atoms with Gasteiger partial charge in [0.05, 0.1) is 17.6 Å². The number of fused-ring (bicyclic) bond motifs is 1. The molecule has 0 radical (unpaired) electrons. The van der Waals surface area contributed by atoms with Crippen LogP contribution in [0, 0.1) is 0 Å². The van der Waals surface area contributed by atoms with E-state index in [0.29, 0.717) is 6.54 Å². The minimum atomic E-state index is 0.253. The molecule has 0 atom stereocenters. The van der Waals surface area contributed by atoms with Gasteiger partial charge in [-0.3, -0.25) is 0 Å². The second kappa shape index (κ2) is 5.68. The van der Waals surface area contributed by atoms with E-state index in [9.17, 15) is 0 Å². The first kappa shape index (κ1) is 13.2. The molecule has 0 unspecified atom stereocenters. The van der Waals surface area contributed by atoms with E-state index >= 15 is 0 Å². The zero-order chi connectivity index (χ0) is 13.9. The van der Waals surface area contributed by atoms with Gasteiger partial charge in [-0.1, -0.05) is 6.92 Å². The molecule has 1 N–H and O–H groups in total. The molecule has 102 valence electrons. The van der Waals surface area contributed by atoms with Crippen LogP contribution in [0.4, 0.5) is 5.82 Å². The molecule has 3 heterocycles. The van der Waals surface area contributed by atoms with E-state index in [1.54, 1.807) is 17.5 Å². The van der Waals surface area contributed by atoms with Gasteiger partial charge in [-0.05, 0) is 36.2 Å². The van der Waals surface area contributed by atoms with Crippen molar-refractivity contribution in [3.8, 4) is 0 Å². The maximum Gasteiger partial charge on any atom is 0.225 e. The van der Waals surface area contributed by atoms with E-state index in [1.807, 2.05) is 12.1 Å². The van der Waals surface area contributed by atoms with Crippen molar-refractivity contribution < 1.29 is 0 Å². The summed E-state index contributed by atoms with van der Waals surface area (Å²) in [7, 11) is 0.